The number of nitrogens with zero attached hydrogens (tertiary/aromatic N) is 1. The van der Waals surface area contributed by atoms with Gasteiger partial charge in [-0.25, -0.2) is 0 Å². The smallest absolute Gasteiger partial charge is 0.0247 e. The van der Waals surface area contributed by atoms with E-state index in [1.807, 2.05) is 0 Å². The van der Waals surface area contributed by atoms with Crippen LogP contribution in [0, 0.1) is 11.8 Å². The van der Waals surface area contributed by atoms with Gasteiger partial charge in [0.05, 0.1) is 0 Å². The van der Waals surface area contributed by atoms with Gasteiger partial charge in [-0.2, -0.15) is 0 Å². The van der Waals surface area contributed by atoms with Gasteiger partial charge in [-0.1, -0.05) is 26.0 Å². The topological polar surface area (TPSA) is 15.3 Å². The Labute approximate surface area is 100 Å². The Bertz CT molecular complexity index is 255. The van der Waals surface area contributed by atoms with E-state index in [0.29, 0.717) is 6.04 Å². The van der Waals surface area contributed by atoms with Crippen LogP contribution < -0.4 is 5.32 Å². The summed E-state index contributed by atoms with van der Waals surface area (Å²) in [5, 5.41) is 3.74. The monoisotopic (exact) mass is 222 g/mol. The van der Waals surface area contributed by atoms with Gasteiger partial charge in [0.1, 0.15) is 0 Å². The van der Waals surface area contributed by atoms with Gasteiger partial charge in [0.15, 0.2) is 0 Å². The molecule has 0 amide bonds. The van der Waals surface area contributed by atoms with Crippen molar-refractivity contribution in [1.29, 1.82) is 0 Å². The molecule has 1 aliphatic heterocycles. The summed E-state index contributed by atoms with van der Waals surface area (Å²) in [6.45, 7) is 14.3. The maximum Gasteiger partial charge on any atom is 0.0247 e. The first kappa shape index (κ1) is 12.1. The number of hydrogen-bond donors (Lipinski definition) is 1. The van der Waals surface area contributed by atoms with Crippen molar-refractivity contribution in [3.05, 3.63) is 12.2 Å². The van der Waals surface area contributed by atoms with Crippen molar-refractivity contribution < 1.29 is 0 Å². The van der Waals surface area contributed by atoms with Gasteiger partial charge in [0.2, 0.25) is 0 Å². The molecule has 2 atom stereocenters. The maximum absolute atomic E-state index is 4.07. The Kier molecular flexibility index (Phi) is 3.70. The van der Waals surface area contributed by atoms with Crippen LogP contribution in [0.25, 0.3) is 0 Å². The molecule has 2 unspecified atom stereocenters. The fraction of sp³-hybridized carbons (Fsp3) is 0.857. The van der Waals surface area contributed by atoms with Gasteiger partial charge in [-0.3, -0.25) is 4.90 Å². The number of piperazine rings is 1. The summed E-state index contributed by atoms with van der Waals surface area (Å²) < 4.78 is 0. The van der Waals surface area contributed by atoms with Crippen LogP contribution >= 0.6 is 0 Å². The molecule has 1 aliphatic carbocycles. The third kappa shape index (κ3) is 2.86. The number of nitrogens with one attached hydrogen (secondary N) is 1. The minimum Gasteiger partial charge on any atom is -0.311 e. The van der Waals surface area contributed by atoms with Crippen molar-refractivity contribution in [2.75, 3.05) is 19.6 Å². The van der Waals surface area contributed by atoms with Gasteiger partial charge < -0.3 is 5.32 Å². The lowest BCUT2D eigenvalue weighted by Crippen LogP contribution is -2.59. The Balaban J connectivity index is 1.96. The Hall–Kier alpha value is -0.340. The molecule has 0 aromatic carbocycles. The molecule has 2 fully saturated rings. The summed E-state index contributed by atoms with van der Waals surface area (Å²) in [5.41, 5.74) is 1.29. The molecule has 2 heteroatoms. The fourth-order valence-corrected chi connectivity index (χ4v) is 2.85. The molecule has 1 saturated carbocycles. The molecule has 2 aliphatic rings. The van der Waals surface area contributed by atoms with Crippen molar-refractivity contribution in [2.24, 2.45) is 11.8 Å². The first-order chi connectivity index (χ1) is 7.58. The number of hydrogen-bond acceptors (Lipinski definition) is 2. The van der Waals surface area contributed by atoms with Crippen LogP contribution in [-0.4, -0.2) is 36.6 Å². The van der Waals surface area contributed by atoms with E-state index in [4.69, 9.17) is 0 Å². The Morgan fingerprint density at radius 2 is 2.12 bits per heavy atom. The molecule has 16 heavy (non-hydrogen) atoms. The predicted molar refractivity (Wildman–Crippen MR) is 69.5 cm³/mol. The third-order valence-corrected chi connectivity index (χ3v) is 3.92. The summed E-state index contributed by atoms with van der Waals surface area (Å²) in [7, 11) is 0. The second-order valence-electron chi connectivity index (χ2n) is 6.05. The SMILES string of the molecule is C=C(C)CN1CC(C2CC2)NCC1C(C)C. The number of rotatable bonds is 4. The zero-order valence-electron chi connectivity index (χ0n) is 11.0. The lowest BCUT2D eigenvalue weighted by Gasteiger charge is -2.42. The summed E-state index contributed by atoms with van der Waals surface area (Å²) in [6, 6.07) is 1.43. The molecular formula is C14H26N2. The zero-order valence-corrected chi connectivity index (χ0v) is 11.0. The van der Waals surface area contributed by atoms with Gasteiger partial charge in [-0.15, -0.1) is 0 Å². The van der Waals surface area contributed by atoms with Crippen molar-refractivity contribution in [1.82, 2.24) is 10.2 Å². The molecule has 2 nitrogen and oxygen atoms in total. The zero-order chi connectivity index (χ0) is 11.7. The van der Waals surface area contributed by atoms with Gasteiger partial charge in [-0.05, 0) is 31.6 Å². The first-order valence-corrected chi connectivity index (χ1v) is 6.69. The molecule has 0 aromatic rings. The summed E-state index contributed by atoms with van der Waals surface area (Å²) in [6.07, 6.45) is 2.87. The van der Waals surface area contributed by atoms with E-state index in [1.165, 1.54) is 25.0 Å². The van der Waals surface area contributed by atoms with E-state index in [1.54, 1.807) is 0 Å². The van der Waals surface area contributed by atoms with Gasteiger partial charge >= 0.3 is 0 Å². The average molecular weight is 222 g/mol. The van der Waals surface area contributed by atoms with E-state index in [0.717, 1.165) is 31.0 Å². The Morgan fingerprint density at radius 3 is 2.62 bits per heavy atom. The van der Waals surface area contributed by atoms with Crippen LogP contribution in [0.5, 0.6) is 0 Å². The molecular weight excluding hydrogens is 196 g/mol. The molecule has 1 saturated heterocycles. The largest absolute Gasteiger partial charge is 0.311 e. The van der Waals surface area contributed by atoms with E-state index in [-0.39, 0.29) is 0 Å². The molecule has 0 bridgehead atoms. The quantitative estimate of drug-likeness (QED) is 0.734. The van der Waals surface area contributed by atoms with E-state index in [9.17, 15) is 0 Å². The normalized spacial score (nSPS) is 32.0. The minimum atomic E-state index is 0.687. The van der Waals surface area contributed by atoms with Gasteiger partial charge in [0, 0.05) is 31.7 Å². The predicted octanol–water partition coefficient (Wildman–Crippen LogP) is 2.27. The van der Waals surface area contributed by atoms with Crippen molar-refractivity contribution >= 4 is 0 Å². The van der Waals surface area contributed by atoms with Crippen LogP contribution in [0.2, 0.25) is 0 Å². The summed E-state index contributed by atoms with van der Waals surface area (Å²) in [5.74, 6) is 1.69. The summed E-state index contributed by atoms with van der Waals surface area (Å²) in [4.78, 5) is 2.65. The molecule has 1 N–H and O–H groups in total. The van der Waals surface area contributed by atoms with E-state index >= 15 is 0 Å². The highest BCUT2D eigenvalue weighted by molar-refractivity contribution is 5.00. The molecule has 92 valence electrons. The van der Waals surface area contributed by atoms with Crippen molar-refractivity contribution in [3.63, 3.8) is 0 Å². The molecule has 0 spiro atoms. The van der Waals surface area contributed by atoms with Crippen LogP contribution in [0.3, 0.4) is 0 Å². The third-order valence-electron chi connectivity index (χ3n) is 3.92. The van der Waals surface area contributed by atoms with E-state index < -0.39 is 0 Å². The minimum absolute atomic E-state index is 0.687. The lowest BCUT2D eigenvalue weighted by atomic mass is 9.96. The lowest BCUT2D eigenvalue weighted by molar-refractivity contribution is 0.102. The second kappa shape index (κ2) is 4.89. The van der Waals surface area contributed by atoms with Crippen LogP contribution in [0.4, 0.5) is 0 Å². The fourth-order valence-electron chi connectivity index (χ4n) is 2.85. The maximum atomic E-state index is 4.07. The van der Waals surface area contributed by atoms with Gasteiger partial charge in [0.25, 0.3) is 0 Å². The van der Waals surface area contributed by atoms with Crippen LogP contribution in [0.15, 0.2) is 12.2 Å². The van der Waals surface area contributed by atoms with Crippen molar-refractivity contribution in [2.45, 2.75) is 45.7 Å². The molecule has 0 radical (unpaired) electrons. The highest BCUT2D eigenvalue weighted by Gasteiger charge is 2.37. The highest BCUT2D eigenvalue weighted by Crippen LogP contribution is 2.34. The van der Waals surface area contributed by atoms with Crippen LogP contribution in [0.1, 0.15) is 33.6 Å². The molecule has 2 rings (SSSR count). The molecule has 0 aromatic heterocycles. The molecule has 1 heterocycles. The second-order valence-corrected chi connectivity index (χ2v) is 6.05. The standard InChI is InChI=1S/C14H26N2/c1-10(2)8-16-9-13(12-5-6-12)15-7-14(16)11(3)4/h11-15H,1,5-9H2,2-4H3. The van der Waals surface area contributed by atoms with E-state index in [2.05, 4.69) is 37.6 Å². The van der Waals surface area contributed by atoms with Crippen LogP contribution in [-0.2, 0) is 0 Å². The summed E-state index contributed by atoms with van der Waals surface area (Å²) >= 11 is 0. The Morgan fingerprint density at radius 1 is 1.44 bits per heavy atom. The highest BCUT2D eigenvalue weighted by atomic mass is 15.2. The average Bonchev–Trinajstić information content (AvgIpc) is 2.99. The first-order valence-electron chi connectivity index (χ1n) is 6.69. The van der Waals surface area contributed by atoms with Crippen molar-refractivity contribution in [3.8, 4) is 0 Å².